The molecule has 1 aliphatic rings. The molecule has 0 heterocycles. The first-order valence-electron chi connectivity index (χ1n) is 4.76. The van der Waals surface area contributed by atoms with Crippen molar-refractivity contribution in [1.82, 2.24) is 0 Å². The summed E-state index contributed by atoms with van der Waals surface area (Å²) in [5, 5.41) is 0. The van der Waals surface area contributed by atoms with E-state index in [2.05, 4.69) is 39.0 Å². The van der Waals surface area contributed by atoms with Crippen LogP contribution >= 0.6 is 0 Å². The van der Waals surface area contributed by atoms with Crippen LogP contribution < -0.4 is 0 Å². The minimum atomic E-state index is 1.17. The lowest BCUT2D eigenvalue weighted by Gasteiger charge is -2.20. The molecule has 0 amide bonds. The summed E-state index contributed by atoms with van der Waals surface area (Å²) in [5.74, 6) is 0. The van der Waals surface area contributed by atoms with Crippen molar-refractivity contribution < 1.29 is 0 Å². The van der Waals surface area contributed by atoms with Crippen molar-refractivity contribution in [2.45, 2.75) is 40.0 Å². The van der Waals surface area contributed by atoms with Gasteiger partial charge in [-0.15, -0.1) is 0 Å². The first-order chi connectivity index (χ1) is 5.81. The molecule has 0 heteroatoms. The Kier molecular flexibility index (Phi) is 3.33. The predicted molar refractivity (Wildman–Crippen MR) is 55.1 cm³/mol. The Morgan fingerprint density at radius 3 is 2.00 bits per heavy atom. The fourth-order valence-corrected chi connectivity index (χ4v) is 1.77. The minimum Gasteiger partial charge on any atom is -0.0881 e. The Morgan fingerprint density at radius 1 is 0.833 bits per heavy atom. The Bertz CT molecular complexity index is 239. The lowest BCUT2D eigenvalue weighted by Crippen LogP contribution is -2.01. The third-order valence-corrected chi connectivity index (χ3v) is 2.65. The molecule has 1 rings (SSSR count). The largest absolute Gasteiger partial charge is 0.0881 e. The maximum absolute atomic E-state index is 2.26. The van der Waals surface area contributed by atoms with Gasteiger partial charge in [-0.1, -0.05) is 23.8 Å². The van der Waals surface area contributed by atoms with Crippen molar-refractivity contribution in [3.8, 4) is 0 Å². The van der Waals surface area contributed by atoms with Crippen LogP contribution in [0.3, 0.4) is 0 Å². The monoisotopic (exact) mass is 162 g/mol. The standard InChI is InChI=1S/C12H18/c1-4-10-7-8-11(5-2)12(6-3)9-10/h4-6H,7-9H2,1-3H3/b10-4-,11-5-,12-6-. The quantitative estimate of drug-likeness (QED) is 0.472. The Morgan fingerprint density at radius 2 is 1.50 bits per heavy atom. The third kappa shape index (κ3) is 1.88. The van der Waals surface area contributed by atoms with Crippen molar-refractivity contribution in [3.05, 3.63) is 34.9 Å². The van der Waals surface area contributed by atoms with Crippen molar-refractivity contribution in [1.29, 1.82) is 0 Å². The summed E-state index contributed by atoms with van der Waals surface area (Å²) < 4.78 is 0. The lowest BCUT2D eigenvalue weighted by atomic mass is 9.85. The molecule has 0 bridgehead atoms. The summed E-state index contributed by atoms with van der Waals surface area (Å²) in [6.45, 7) is 6.42. The molecule has 12 heavy (non-hydrogen) atoms. The van der Waals surface area contributed by atoms with Gasteiger partial charge in [-0.25, -0.2) is 0 Å². The highest BCUT2D eigenvalue weighted by Gasteiger charge is 2.12. The zero-order valence-electron chi connectivity index (χ0n) is 8.35. The molecule has 0 aromatic heterocycles. The highest BCUT2D eigenvalue weighted by molar-refractivity contribution is 5.38. The maximum atomic E-state index is 2.26. The summed E-state index contributed by atoms with van der Waals surface area (Å²) in [5.41, 5.74) is 4.66. The van der Waals surface area contributed by atoms with Crippen LogP contribution in [0.15, 0.2) is 34.9 Å². The van der Waals surface area contributed by atoms with Gasteiger partial charge >= 0.3 is 0 Å². The molecule has 0 atom stereocenters. The van der Waals surface area contributed by atoms with Crippen molar-refractivity contribution in [3.63, 3.8) is 0 Å². The molecule has 0 spiro atoms. The molecular weight excluding hydrogens is 144 g/mol. The highest BCUT2D eigenvalue weighted by atomic mass is 14.2. The molecule has 1 saturated carbocycles. The summed E-state index contributed by atoms with van der Waals surface area (Å²) in [7, 11) is 0. The SMILES string of the molecule is C/C=C1/CCC(=C/C)/C(=C\C)C1. The lowest BCUT2D eigenvalue weighted by molar-refractivity contribution is 0.822. The molecule has 0 aromatic carbocycles. The number of hydrogen-bond donors (Lipinski definition) is 0. The molecule has 0 saturated heterocycles. The molecule has 66 valence electrons. The first-order valence-corrected chi connectivity index (χ1v) is 4.76. The van der Waals surface area contributed by atoms with Crippen LogP contribution in [0.2, 0.25) is 0 Å². The first kappa shape index (κ1) is 9.31. The van der Waals surface area contributed by atoms with E-state index >= 15 is 0 Å². The number of allylic oxidation sites excluding steroid dienone is 6. The molecule has 0 unspecified atom stereocenters. The Hall–Kier alpha value is -0.780. The zero-order valence-corrected chi connectivity index (χ0v) is 8.35. The third-order valence-electron chi connectivity index (χ3n) is 2.65. The van der Waals surface area contributed by atoms with E-state index in [9.17, 15) is 0 Å². The Labute approximate surface area is 75.7 Å². The molecule has 0 nitrogen and oxygen atoms in total. The number of hydrogen-bond acceptors (Lipinski definition) is 0. The van der Waals surface area contributed by atoms with Crippen LogP contribution in [-0.2, 0) is 0 Å². The number of rotatable bonds is 0. The average molecular weight is 162 g/mol. The summed E-state index contributed by atoms with van der Waals surface area (Å²) in [6.07, 6.45) is 10.4. The van der Waals surface area contributed by atoms with Crippen LogP contribution in [0.5, 0.6) is 0 Å². The van der Waals surface area contributed by atoms with Crippen LogP contribution in [0.4, 0.5) is 0 Å². The fraction of sp³-hybridized carbons (Fsp3) is 0.500. The van der Waals surface area contributed by atoms with Gasteiger partial charge < -0.3 is 0 Å². The minimum absolute atomic E-state index is 1.17. The zero-order chi connectivity index (χ0) is 8.97. The van der Waals surface area contributed by atoms with Crippen LogP contribution in [0.25, 0.3) is 0 Å². The summed E-state index contributed by atoms with van der Waals surface area (Å²) >= 11 is 0. The van der Waals surface area contributed by atoms with Crippen molar-refractivity contribution in [2.75, 3.05) is 0 Å². The average Bonchev–Trinajstić information content (AvgIpc) is 2.16. The normalized spacial score (nSPS) is 28.8. The van der Waals surface area contributed by atoms with E-state index in [-0.39, 0.29) is 0 Å². The molecule has 0 N–H and O–H groups in total. The van der Waals surface area contributed by atoms with E-state index in [1.165, 1.54) is 24.8 Å². The van der Waals surface area contributed by atoms with Gasteiger partial charge in [0.15, 0.2) is 0 Å². The second kappa shape index (κ2) is 4.30. The van der Waals surface area contributed by atoms with Gasteiger partial charge in [-0.05, 0) is 51.2 Å². The molecule has 0 aromatic rings. The summed E-state index contributed by atoms with van der Waals surface area (Å²) in [6, 6.07) is 0. The van der Waals surface area contributed by atoms with Crippen LogP contribution in [0, 0.1) is 0 Å². The smallest absolute Gasteiger partial charge is 0.00678 e. The van der Waals surface area contributed by atoms with E-state index in [4.69, 9.17) is 0 Å². The van der Waals surface area contributed by atoms with E-state index in [0.717, 1.165) is 0 Å². The van der Waals surface area contributed by atoms with Gasteiger partial charge in [-0.3, -0.25) is 0 Å². The van der Waals surface area contributed by atoms with Crippen molar-refractivity contribution in [2.24, 2.45) is 0 Å². The van der Waals surface area contributed by atoms with Gasteiger partial charge in [0.1, 0.15) is 0 Å². The highest BCUT2D eigenvalue weighted by Crippen LogP contribution is 2.31. The second-order valence-electron chi connectivity index (χ2n) is 3.25. The molecule has 1 aliphatic carbocycles. The fourth-order valence-electron chi connectivity index (χ4n) is 1.77. The second-order valence-corrected chi connectivity index (χ2v) is 3.25. The Balaban J connectivity index is 2.80. The van der Waals surface area contributed by atoms with Gasteiger partial charge in [0.05, 0.1) is 0 Å². The molecule has 0 radical (unpaired) electrons. The maximum Gasteiger partial charge on any atom is -0.00678 e. The van der Waals surface area contributed by atoms with E-state index in [1.807, 2.05) is 0 Å². The van der Waals surface area contributed by atoms with Crippen LogP contribution in [0.1, 0.15) is 40.0 Å². The molecule has 1 fully saturated rings. The topological polar surface area (TPSA) is 0 Å². The summed E-state index contributed by atoms with van der Waals surface area (Å²) in [4.78, 5) is 0. The van der Waals surface area contributed by atoms with Gasteiger partial charge in [0, 0.05) is 0 Å². The van der Waals surface area contributed by atoms with E-state index in [1.54, 1.807) is 11.1 Å². The predicted octanol–water partition coefficient (Wildman–Crippen LogP) is 4.01. The van der Waals surface area contributed by atoms with E-state index in [0.29, 0.717) is 0 Å². The van der Waals surface area contributed by atoms with Crippen LogP contribution in [-0.4, -0.2) is 0 Å². The van der Waals surface area contributed by atoms with Gasteiger partial charge in [-0.2, -0.15) is 0 Å². The molecule has 0 aliphatic heterocycles. The molecular formula is C12H18. The van der Waals surface area contributed by atoms with Crippen molar-refractivity contribution >= 4 is 0 Å². The van der Waals surface area contributed by atoms with E-state index < -0.39 is 0 Å². The van der Waals surface area contributed by atoms with Gasteiger partial charge in [0.2, 0.25) is 0 Å². The van der Waals surface area contributed by atoms with Gasteiger partial charge in [0.25, 0.3) is 0 Å².